The fourth-order valence-corrected chi connectivity index (χ4v) is 1.13. The van der Waals surface area contributed by atoms with Crippen LogP contribution in [0.2, 0.25) is 0 Å². The molecule has 0 bridgehead atoms. The first-order valence-corrected chi connectivity index (χ1v) is 5.05. The van der Waals surface area contributed by atoms with E-state index in [1.165, 1.54) is 6.92 Å². The molecule has 0 amide bonds. The predicted octanol–water partition coefficient (Wildman–Crippen LogP) is 2.31. The van der Waals surface area contributed by atoms with Gasteiger partial charge in [0.1, 0.15) is 5.67 Å². The molecule has 0 saturated heterocycles. The minimum Gasteiger partial charge on any atom is -0.393 e. The number of ether oxygens (including phenoxy) is 1. The highest BCUT2D eigenvalue weighted by Gasteiger charge is 2.21. The van der Waals surface area contributed by atoms with Gasteiger partial charge in [0, 0.05) is 6.42 Å². The van der Waals surface area contributed by atoms with Crippen molar-refractivity contribution in [1.29, 1.82) is 0 Å². The third-order valence-corrected chi connectivity index (χ3v) is 2.21. The zero-order valence-electron chi connectivity index (χ0n) is 8.95. The van der Waals surface area contributed by atoms with Crippen LogP contribution in [0, 0.1) is 0 Å². The summed E-state index contributed by atoms with van der Waals surface area (Å²) in [5, 5.41) is 8.68. The SMILES string of the molecule is C[C@](F)(CO)CCOCc1ccccc1. The molecule has 3 heteroatoms. The molecule has 1 N–H and O–H groups in total. The molecule has 2 nitrogen and oxygen atoms in total. The quantitative estimate of drug-likeness (QED) is 0.733. The van der Waals surface area contributed by atoms with Crippen molar-refractivity contribution in [2.75, 3.05) is 13.2 Å². The summed E-state index contributed by atoms with van der Waals surface area (Å²) in [6, 6.07) is 9.73. The molecule has 0 aliphatic rings. The first kappa shape index (κ1) is 12.1. The van der Waals surface area contributed by atoms with Gasteiger partial charge in [0.25, 0.3) is 0 Å². The van der Waals surface area contributed by atoms with Gasteiger partial charge in [0.05, 0.1) is 19.8 Å². The molecule has 0 aliphatic carbocycles. The molecular formula is C12H17FO2. The number of alkyl halides is 1. The van der Waals surface area contributed by atoms with Crippen LogP contribution in [-0.2, 0) is 11.3 Å². The molecule has 0 spiro atoms. The summed E-state index contributed by atoms with van der Waals surface area (Å²) in [5.41, 5.74) is -0.460. The summed E-state index contributed by atoms with van der Waals surface area (Å²) in [6.45, 7) is 1.73. The van der Waals surface area contributed by atoms with E-state index in [2.05, 4.69) is 0 Å². The molecule has 0 saturated carbocycles. The van der Waals surface area contributed by atoms with Crippen LogP contribution >= 0.6 is 0 Å². The number of aliphatic hydroxyl groups is 1. The molecule has 0 heterocycles. The third kappa shape index (κ3) is 4.91. The van der Waals surface area contributed by atoms with Crippen molar-refractivity contribution in [1.82, 2.24) is 0 Å². The molecule has 1 aromatic rings. The fourth-order valence-electron chi connectivity index (χ4n) is 1.13. The normalized spacial score (nSPS) is 14.9. The minimum absolute atomic E-state index is 0.219. The van der Waals surface area contributed by atoms with Gasteiger partial charge in [0.2, 0.25) is 0 Å². The summed E-state index contributed by atoms with van der Waals surface area (Å²) >= 11 is 0. The van der Waals surface area contributed by atoms with E-state index >= 15 is 0 Å². The lowest BCUT2D eigenvalue weighted by atomic mass is 10.1. The molecule has 0 fully saturated rings. The van der Waals surface area contributed by atoms with Crippen LogP contribution in [0.5, 0.6) is 0 Å². The Morgan fingerprint density at radius 1 is 1.33 bits per heavy atom. The lowest BCUT2D eigenvalue weighted by Gasteiger charge is -2.16. The maximum atomic E-state index is 13.2. The van der Waals surface area contributed by atoms with Gasteiger partial charge in [-0.05, 0) is 12.5 Å². The van der Waals surface area contributed by atoms with E-state index in [1.807, 2.05) is 30.3 Å². The average molecular weight is 212 g/mol. The Labute approximate surface area is 89.7 Å². The number of rotatable bonds is 6. The monoisotopic (exact) mass is 212 g/mol. The minimum atomic E-state index is -1.53. The standard InChI is InChI=1S/C12H17FO2/c1-12(13,10-14)7-8-15-9-11-5-3-2-4-6-11/h2-6,14H,7-10H2,1H3/t12-/m1/s1. The molecule has 84 valence electrons. The summed E-state index contributed by atoms with van der Waals surface area (Å²) < 4.78 is 18.5. The highest BCUT2D eigenvalue weighted by Crippen LogP contribution is 2.14. The Bertz CT molecular complexity index is 272. The fraction of sp³-hybridized carbons (Fsp3) is 0.500. The molecule has 1 aromatic carbocycles. The van der Waals surface area contributed by atoms with Crippen molar-refractivity contribution >= 4 is 0 Å². The molecule has 1 atom stereocenters. The van der Waals surface area contributed by atoms with Crippen LogP contribution in [-0.4, -0.2) is 24.0 Å². The molecular weight excluding hydrogens is 195 g/mol. The van der Waals surface area contributed by atoms with E-state index in [0.717, 1.165) is 5.56 Å². The van der Waals surface area contributed by atoms with E-state index in [0.29, 0.717) is 13.2 Å². The van der Waals surface area contributed by atoms with E-state index in [9.17, 15) is 4.39 Å². The van der Waals surface area contributed by atoms with Crippen LogP contribution in [0.3, 0.4) is 0 Å². The average Bonchev–Trinajstić information content (AvgIpc) is 2.26. The molecule has 15 heavy (non-hydrogen) atoms. The first-order chi connectivity index (χ1) is 7.14. The maximum absolute atomic E-state index is 13.2. The number of halogens is 1. The summed E-state index contributed by atoms with van der Waals surface area (Å²) in [7, 11) is 0. The topological polar surface area (TPSA) is 29.5 Å². The van der Waals surface area contributed by atoms with E-state index in [-0.39, 0.29) is 6.42 Å². The largest absolute Gasteiger partial charge is 0.393 e. The van der Waals surface area contributed by atoms with Gasteiger partial charge in [-0.2, -0.15) is 0 Å². The van der Waals surface area contributed by atoms with Gasteiger partial charge in [0.15, 0.2) is 0 Å². The Morgan fingerprint density at radius 2 is 2.00 bits per heavy atom. The van der Waals surface area contributed by atoms with Gasteiger partial charge in [-0.25, -0.2) is 4.39 Å². The number of hydrogen-bond donors (Lipinski definition) is 1. The highest BCUT2D eigenvalue weighted by atomic mass is 19.1. The van der Waals surface area contributed by atoms with Gasteiger partial charge in [-0.1, -0.05) is 30.3 Å². The molecule has 0 aliphatic heterocycles. The van der Waals surface area contributed by atoms with Crippen molar-refractivity contribution in [2.45, 2.75) is 25.6 Å². The third-order valence-electron chi connectivity index (χ3n) is 2.21. The van der Waals surface area contributed by atoms with Crippen LogP contribution in [0.4, 0.5) is 4.39 Å². The van der Waals surface area contributed by atoms with Crippen molar-refractivity contribution < 1.29 is 14.2 Å². The smallest absolute Gasteiger partial charge is 0.133 e. The Balaban J connectivity index is 2.18. The number of benzene rings is 1. The molecule has 0 unspecified atom stereocenters. The van der Waals surface area contributed by atoms with Crippen LogP contribution in [0.15, 0.2) is 30.3 Å². The predicted molar refractivity (Wildman–Crippen MR) is 57.3 cm³/mol. The van der Waals surface area contributed by atoms with Crippen LogP contribution in [0.1, 0.15) is 18.9 Å². The summed E-state index contributed by atoms with van der Waals surface area (Å²) in [5.74, 6) is 0. The van der Waals surface area contributed by atoms with Crippen molar-refractivity contribution in [3.8, 4) is 0 Å². The van der Waals surface area contributed by atoms with E-state index < -0.39 is 12.3 Å². The zero-order valence-corrected chi connectivity index (χ0v) is 8.95. The number of aliphatic hydroxyl groups excluding tert-OH is 1. The van der Waals surface area contributed by atoms with Crippen LogP contribution < -0.4 is 0 Å². The Kier molecular flexibility index (Phi) is 4.72. The van der Waals surface area contributed by atoms with E-state index in [4.69, 9.17) is 9.84 Å². The van der Waals surface area contributed by atoms with E-state index in [1.54, 1.807) is 0 Å². The highest BCUT2D eigenvalue weighted by molar-refractivity contribution is 5.13. The van der Waals surface area contributed by atoms with Crippen LogP contribution in [0.25, 0.3) is 0 Å². The Morgan fingerprint density at radius 3 is 2.60 bits per heavy atom. The molecule has 0 aromatic heterocycles. The summed E-state index contributed by atoms with van der Waals surface area (Å²) in [6.07, 6.45) is 0.219. The second-order valence-electron chi connectivity index (χ2n) is 3.86. The second kappa shape index (κ2) is 5.83. The maximum Gasteiger partial charge on any atom is 0.133 e. The molecule has 0 radical (unpaired) electrons. The lowest BCUT2D eigenvalue weighted by Crippen LogP contribution is -2.25. The van der Waals surface area contributed by atoms with Crippen molar-refractivity contribution in [3.63, 3.8) is 0 Å². The van der Waals surface area contributed by atoms with Gasteiger partial charge >= 0.3 is 0 Å². The van der Waals surface area contributed by atoms with Crippen molar-refractivity contribution in [3.05, 3.63) is 35.9 Å². The molecule has 1 rings (SSSR count). The Hall–Kier alpha value is -0.930. The lowest BCUT2D eigenvalue weighted by molar-refractivity contribution is 0.0333. The number of hydrogen-bond acceptors (Lipinski definition) is 2. The summed E-state index contributed by atoms with van der Waals surface area (Å²) in [4.78, 5) is 0. The second-order valence-corrected chi connectivity index (χ2v) is 3.86. The van der Waals surface area contributed by atoms with Gasteiger partial charge in [-0.3, -0.25) is 0 Å². The van der Waals surface area contributed by atoms with Gasteiger partial charge < -0.3 is 9.84 Å². The first-order valence-electron chi connectivity index (χ1n) is 5.05. The van der Waals surface area contributed by atoms with Gasteiger partial charge in [-0.15, -0.1) is 0 Å². The zero-order chi connectivity index (χ0) is 11.1. The van der Waals surface area contributed by atoms with Crippen molar-refractivity contribution in [2.24, 2.45) is 0 Å².